The number of likely N-dealkylation sites (N-methyl/N-ethyl adjacent to an activating group) is 1. The van der Waals surface area contributed by atoms with Gasteiger partial charge in [-0.05, 0) is 50.2 Å². The summed E-state index contributed by atoms with van der Waals surface area (Å²) < 4.78 is 37.7. The van der Waals surface area contributed by atoms with Crippen molar-refractivity contribution in [3.8, 4) is 0 Å². The van der Waals surface area contributed by atoms with Crippen molar-refractivity contribution < 1.29 is 18.0 Å². The molecule has 6 heteroatoms. The maximum atomic E-state index is 12.6. The average Bonchev–Trinajstić information content (AvgIpc) is 2.49. The number of benzene rings is 2. The fourth-order valence-corrected chi connectivity index (χ4v) is 2.56. The van der Waals surface area contributed by atoms with Crippen LogP contribution in [0.2, 0.25) is 0 Å². The van der Waals surface area contributed by atoms with Crippen molar-refractivity contribution in [2.24, 2.45) is 0 Å². The van der Waals surface area contributed by atoms with Gasteiger partial charge in [0.2, 0.25) is 5.91 Å². The van der Waals surface area contributed by atoms with Gasteiger partial charge in [-0.15, -0.1) is 0 Å². The molecule has 3 nitrogen and oxygen atoms in total. The molecule has 0 aromatic heterocycles. The Morgan fingerprint density at radius 2 is 1.72 bits per heavy atom. The van der Waals surface area contributed by atoms with Crippen LogP contribution in [0.25, 0.3) is 0 Å². The van der Waals surface area contributed by atoms with Crippen LogP contribution in [0, 0.1) is 13.8 Å². The first-order valence-electron chi connectivity index (χ1n) is 7.87. The van der Waals surface area contributed by atoms with Gasteiger partial charge in [-0.3, -0.25) is 9.69 Å². The topological polar surface area (TPSA) is 32.3 Å². The van der Waals surface area contributed by atoms with E-state index >= 15 is 0 Å². The van der Waals surface area contributed by atoms with E-state index in [9.17, 15) is 18.0 Å². The van der Waals surface area contributed by atoms with Crippen molar-refractivity contribution in [1.82, 2.24) is 4.90 Å². The predicted molar refractivity (Wildman–Crippen MR) is 92.3 cm³/mol. The Morgan fingerprint density at radius 3 is 2.28 bits per heavy atom. The zero-order chi connectivity index (χ0) is 18.6. The Bertz CT molecular complexity index is 739. The van der Waals surface area contributed by atoms with Gasteiger partial charge in [-0.1, -0.05) is 29.8 Å². The first kappa shape index (κ1) is 19.0. The molecule has 0 aliphatic heterocycles. The van der Waals surface area contributed by atoms with E-state index in [4.69, 9.17) is 0 Å². The summed E-state index contributed by atoms with van der Waals surface area (Å²) in [5, 5.41) is 2.85. The van der Waals surface area contributed by atoms with Gasteiger partial charge in [0, 0.05) is 12.2 Å². The minimum atomic E-state index is -4.34. The quantitative estimate of drug-likeness (QED) is 0.867. The Labute approximate surface area is 145 Å². The van der Waals surface area contributed by atoms with Gasteiger partial charge in [-0.2, -0.15) is 13.2 Å². The lowest BCUT2D eigenvalue weighted by molar-refractivity contribution is -0.137. The lowest BCUT2D eigenvalue weighted by Crippen LogP contribution is -2.30. The molecule has 0 aliphatic carbocycles. The number of aryl methyl sites for hydroxylation is 2. The van der Waals surface area contributed by atoms with E-state index in [0.717, 1.165) is 34.5 Å². The molecule has 0 fully saturated rings. The SMILES string of the molecule is Cc1ccc(NC(=O)CN(C)Cc2ccc(C(F)(F)F)cc2)c(C)c1. The first-order chi connectivity index (χ1) is 11.6. The molecular weight excluding hydrogens is 329 g/mol. The van der Waals surface area contributed by atoms with Crippen LogP contribution in [0.3, 0.4) is 0 Å². The maximum Gasteiger partial charge on any atom is 0.416 e. The lowest BCUT2D eigenvalue weighted by Gasteiger charge is -2.17. The number of nitrogens with zero attached hydrogens (tertiary/aromatic N) is 1. The Kier molecular flexibility index (Phi) is 5.85. The summed E-state index contributed by atoms with van der Waals surface area (Å²) in [6.07, 6.45) is -4.34. The van der Waals surface area contributed by atoms with Crippen LogP contribution in [0.4, 0.5) is 18.9 Å². The van der Waals surface area contributed by atoms with Gasteiger partial charge < -0.3 is 5.32 Å². The maximum absolute atomic E-state index is 12.6. The third-order valence-electron chi connectivity index (χ3n) is 3.80. The van der Waals surface area contributed by atoms with Gasteiger partial charge in [0.25, 0.3) is 0 Å². The van der Waals surface area contributed by atoms with Gasteiger partial charge in [0.15, 0.2) is 0 Å². The van der Waals surface area contributed by atoms with E-state index < -0.39 is 11.7 Å². The normalized spacial score (nSPS) is 11.6. The molecule has 0 unspecified atom stereocenters. The van der Waals surface area contributed by atoms with Gasteiger partial charge >= 0.3 is 6.18 Å². The van der Waals surface area contributed by atoms with Crippen LogP contribution in [0.1, 0.15) is 22.3 Å². The van der Waals surface area contributed by atoms with E-state index in [-0.39, 0.29) is 12.5 Å². The molecule has 0 atom stereocenters. The Balaban J connectivity index is 1.91. The number of hydrogen-bond donors (Lipinski definition) is 1. The third kappa shape index (κ3) is 5.60. The minimum Gasteiger partial charge on any atom is -0.325 e. The predicted octanol–water partition coefficient (Wildman–Crippen LogP) is 4.39. The molecule has 0 bridgehead atoms. The second kappa shape index (κ2) is 7.70. The van der Waals surface area contributed by atoms with Gasteiger partial charge in [-0.25, -0.2) is 0 Å². The van der Waals surface area contributed by atoms with Crippen molar-refractivity contribution in [1.29, 1.82) is 0 Å². The molecule has 1 N–H and O–H groups in total. The fraction of sp³-hybridized carbons (Fsp3) is 0.316. The van der Waals surface area contributed by atoms with Crippen molar-refractivity contribution in [3.05, 3.63) is 64.7 Å². The molecule has 1 amide bonds. The van der Waals surface area contributed by atoms with E-state index in [1.54, 1.807) is 11.9 Å². The van der Waals surface area contributed by atoms with Crippen molar-refractivity contribution in [3.63, 3.8) is 0 Å². The van der Waals surface area contributed by atoms with E-state index in [2.05, 4.69) is 5.32 Å². The van der Waals surface area contributed by atoms with E-state index in [0.29, 0.717) is 6.54 Å². The second-order valence-electron chi connectivity index (χ2n) is 6.23. The summed E-state index contributed by atoms with van der Waals surface area (Å²) in [5.41, 5.74) is 2.91. The summed E-state index contributed by atoms with van der Waals surface area (Å²) >= 11 is 0. The second-order valence-corrected chi connectivity index (χ2v) is 6.23. The number of carbonyl (C=O) groups excluding carboxylic acids is 1. The molecule has 0 spiro atoms. The molecule has 2 aromatic rings. The highest BCUT2D eigenvalue weighted by Gasteiger charge is 2.29. The van der Waals surface area contributed by atoms with Crippen LogP contribution in [0.15, 0.2) is 42.5 Å². The molecule has 2 rings (SSSR count). The molecule has 0 aliphatic rings. The molecule has 0 radical (unpaired) electrons. The fourth-order valence-electron chi connectivity index (χ4n) is 2.56. The highest BCUT2D eigenvalue weighted by atomic mass is 19.4. The summed E-state index contributed by atoms with van der Waals surface area (Å²) in [6.45, 7) is 4.44. The monoisotopic (exact) mass is 350 g/mol. The van der Waals surface area contributed by atoms with Crippen LogP contribution in [-0.4, -0.2) is 24.4 Å². The number of hydrogen-bond acceptors (Lipinski definition) is 2. The molecule has 2 aromatic carbocycles. The Hall–Kier alpha value is -2.34. The molecule has 0 heterocycles. The number of carbonyl (C=O) groups is 1. The Morgan fingerprint density at radius 1 is 1.08 bits per heavy atom. The standard InChI is InChI=1S/C19H21F3N2O/c1-13-4-9-17(14(2)10-13)23-18(25)12-24(3)11-15-5-7-16(8-6-15)19(20,21)22/h4-10H,11-12H2,1-3H3,(H,23,25). The van der Waals surface area contributed by atoms with Crippen molar-refractivity contribution in [2.45, 2.75) is 26.6 Å². The van der Waals surface area contributed by atoms with E-state index in [1.165, 1.54) is 12.1 Å². The van der Waals surface area contributed by atoms with Crippen LogP contribution in [-0.2, 0) is 17.5 Å². The highest BCUT2D eigenvalue weighted by molar-refractivity contribution is 5.92. The zero-order valence-corrected chi connectivity index (χ0v) is 14.4. The molecule has 0 saturated heterocycles. The number of rotatable bonds is 5. The van der Waals surface area contributed by atoms with Crippen LogP contribution in [0.5, 0.6) is 0 Å². The van der Waals surface area contributed by atoms with E-state index in [1.807, 2.05) is 32.0 Å². The number of amides is 1. The third-order valence-corrected chi connectivity index (χ3v) is 3.80. The molecule has 134 valence electrons. The average molecular weight is 350 g/mol. The lowest BCUT2D eigenvalue weighted by atomic mass is 10.1. The van der Waals surface area contributed by atoms with Gasteiger partial charge in [0.1, 0.15) is 0 Å². The number of halogens is 3. The highest BCUT2D eigenvalue weighted by Crippen LogP contribution is 2.29. The minimum absolute atomic E-state index is 0.147. The largest absolute Gasteiger partial charge is 0.416 e. The van der Waals surface area contributed by atoms with Crippen molar-refractivity contribution >= 4 is 11.6 Å². The van der Waals surface area contributed by atoms with Crippen LogP contribution < -0.4 is 5.32 Å². The van der Waals surface area contributed by atoms with Gasteiger partial charge in [0.05, 0.1) is 12.1 Å². The van der Waals surface area contributed by atoms with Crippen molar-refractivity contribution in [2.75, 3.05) is 18.9 Å². The number of alkyl halides is 3. The zero-order valence-electron chi connectivity index (χ0n) is 14.4. The number of nitrogens with one attached hydrogen (secondary N) is 1. The molecule has 0 saturated carbocycles. The summed E-state index contributed by atoms with van der Waals surface area (Å²) in [4.78, 5) is 13.9. The summed E-state index contributed by atoms with van der Waals surface area (Å²) in [6, 6.07) is 10.7. The summed E-state index contributed by atoms with van der Waals surface area (Å²) in [5.74, 6) is -0.165. The first-order valence-corrected chi connectivity index (χ1v) is 7.87. The molecular formula is C19H21F3N2O. The molecule has 25 heavy (non-hydrogen) atoms. The van der Waals surface area contributed by atoms with Crippen LogP contribution >= 0.6 is 0 Å². The number of anilines is 1. The summed E-state index contributed by atoms with van der Waals surface area (Å²) in [7, 11) is 1.75. The smallest absolute Gasteiger partial charge is 0.325 e.